The van der Waals surface area contributed by atoms with Crippen LogP contribution in [0.4, 0.5) is 0 Å². The Hall–Kier alpha value is -0.820. The molecule has 0 amide bonds. The van der Waals surface area contributed by atoms with Crippen LogP contribution in [0.15, 0.2) is 12.1 Å². The summed E-state index contributed by atoms with van der Waals surface area (Å²) in [5.41, 5.74) is 6.12. The van der Waals surface area contributed by atoms with Crippen molar-refractivity contribution >= 4 is 0 Å². The molecule has 0 unspecified atom stereocenters. The molecule has 14 heavy (non-hydrogen) atoms. The summed E-state index contributed by atoms with van der Waals surface area (Å²) in [6, 6.07) is 4.61. The number of fused-ring (bicyclic) bond motifs is 1. The third-order valence-corrected chi connectivity index (χ3v) is 3.09. The average molecular weight is 189 g/mol. The van der Waals surface area contributed by atoms with Gasteiger partial charge in [-0.15, -0.1) is 0 Å². The van der Waals surface area contributed by atoms with E-state index in [0.717, 1.165) is 13.0 Å². The number of aryl methyl sites for hydroxylation is 2. The summed E-state index contributed by atoms with van der Waals surface area (Å²) in [7, 11) is 0. The Morgan fingerprint density at radius 1 is 1.21 bits per heavy atom. The van der Waals surface area contributed by atoms with E-state index in [0.29, 0.717) is 0 Å². The Balaban J connectivity index is 2.47. The zero-order valence-electron chi connectivity index (χ0n) is 9.57. The smallest absolute Gasteiger partial charge is 0.0215 e. The minimum Gasteiger partial charge on any atom is -0.307 e. The van der Waals surface area contributed by atoms with Crippen LogP contribution in [0.5, 0.6) is 0 Å². The Bertz CT molecular complexity index is 364. The molecule has 0 saturated carbocycles. The summed E-state index contributed by atoms with van der Waals surface area (Å²) in [6.45, 7) is 9.96. The Labute approximate surface area is 86.5 Å². The zero-order valence-corrected chi connectivity index (χ0v) is 9.57. The number of hydrogen-bond donors (Lipinski definition) is 1. The maximum absolute atomic E-state index is 3.57. The van der Waals surface area contributed by atoms with Crippen molar-refractivity contribution in [2.24, 2.45) is 0 Å². The van der Waals surface area contributed by atoms with E-state index in [1.165, 1.54) is 22.3 Å². The van der Waals surface area contributed by atoms with E-state index >= 15 is 0 Å². The lowest BCUT2D eigenvalue weighted by Gasteiger charge is -2.34. The van der Waals surface area contributed by atoms with Gasteiger partial charge in [-0.25, -0.2) is 0 Å². The minimum absolute atomic E-state index is 0.257. The molecular formula is C13H19N. The van der Waals surface area contributed by atoms with Crippen molar-refractivity contribution in [3.05, 3.63) is 34.4 Å². The molecule has 1 heteroatoms. The van der Waals surface area contributed by atoms with Crippen LogP contribution in [0.1, 0.15) is 36.1 Å². The van der Waals surface area contributed by atoms with Crippen LogP contribution >= 0.6 is 0 Å². The highest BCUT2D eigenvalue weighted by Crippen LogP contribution is 2.26. The molecule has 0 aliphatic carbocycles. The molecule has 0 bridgehead atoms. The zero-order chi connectivity index (χ0) is 10.3. The second kappa shape index (κ2) is 3.09. The molecule has 1 N–H and O–H groups in total. The van der Waals surface area contributed by atoms with E-state index in [9.17, 15) is 0 Å². The fraction of sp³-hybridized carbons (Fsp3) is 0.538. The lowest BCUT2D eigenvalue weighted by molar-refractivity contribution is 0.362. The Morgan fingerprint density at radius 2 is 1.93 bits per heavy atom. The third-order valence-electron chi connectivity index (χ3n) is 3.09. The fourth-order valence-corrected chi connectivity index (χ4v) is 2.36. The summed E-state index contributed by atoms with van der Waals surface area (Å²) in [5.74, 6) is 0. The van der Waals surface area contributed by atoms with Crippen molar-refractivity contribution in [3.63, 3.8) is 0 Å². The Morgan fingerprint density at radius 3 is 2.64 bits per heavy atom. The van der Waals surface area contributed by atoms with Gasteiger partial charge in [-0.2, -0.15) is 0 Å². The Kier molecular flexibility index (Phi) is 2.15. The normalized spacial score (nSPS) is 19.1. The summed E-state index contributed by atoms with van der Waals surface area (Å²) in [6.07, 6.45) is 1.14. The van der Waals surface area contributed by atoms with Gasteiger partial charge in [0.1, 0.15) is 0 Å². The summed E-state index contributed by atoms with van der Waals surface area (Å²) in [5, 5.41) is 3.57. The van der Waals surface area contributed by atoms with Crippen molar-refractivity contribution in [2.75, 3.05) is 0 Å². The third kappa shape index (κ3) is 1.69. The van der Waals surface area contributed by atoms with Crippen molar-refractivity contribution in [1.29, 1.82) is 0 Å². The molecule has 0 aromatic heterocycles. The molecule has 1 aromatic rings. The molecule has 0 radical (unpaired) electrons. The van der Waals surface area contributed by atoms with Gasteiger partial charge in [0, 0.05) is 12.1 Å². The molecule has 1 aromatic carbocycles. The van der Waals surface area contributed by atoms with Crippen LogP contribution in [0.2, 0.25) is 0 Å². The van der Waals surface area contributed by atoms with Gasteiger partial charge in [0.15, 0.2) is 0 Å². The van der Waals surface area contributed by atoms with Crippen LogP contribution in [-0.4, -0.2) is 5.54 Å². The highest BCUT2D eigenvalue weighted by molar-refractivity contribution is 5.40. The highest BCUT2D eigenvalue weighted by Gasteiger charge is 2.25. The average Bonchev–Trinajstić information content (AvgIpc) is 2.00. The van der Waals surface area contributed by atoms with E-state index in [4.69, 9.17) is 0 Å². The standard InChI is InChI=1S/C13H19N/c1-9-5-10(2)12-8-14-13(3,4)7-11(12)6-9/h5-6,14H,7-8H2,1-4H3. The fourth-order valence-electron chi connectivity index (χ4n) is 2.36. The lowest BCUT2D eigenvalue weighted by Crippen LogP contribution is -2.44. The molecule has 1 heterocycles. The van der Waals surface area contributed by atoms with Crippen LogP contribution in [-0.2, 0) is 13.0 Å². The monoisotopic (exact) mass is 189 g/mol. The molecule has 1 aliphatic rings. The molecular weight excluding hydrogens is 170 g/mol. The molecule has 0 saturated heterocycles. The first-order chi connectivity index (χ1) is 6.48. The first kappa shape index (κ1) is 9.72. The first-order valence-electron chi connectivity index (χ1n) is 5.32. The van der Waals surface area contributed by atoms with Crippen LogP contribution in [0.3, 0.4) is 0 Å². The van der Waals surface area contributed by atoms with Gasteiger partial charge >= 0.3 is 0 Å². The lowest BCUT2D eigenvalue weighted by atomic mass is 9.85. The van der Waals surface area contributed by atoms with Crippen molar-refractivity contribution in [3.8, 4) is 0 Å². The van der Waals surface area contributed by atoms with Gasteiger partial charge in [0.25, 0.3) is 0 Å². The highest BCUT2D eigenvalue weighted by atomic mass is 15.0. The van der Waals surface area contributed by atoms with E-state index in [-0.39, 0.29) is 5.54 Å². The van der Waals surface area contributed by atoms with Crippen LogP contribution in [0.25, 0.3) is 0 Å². The SMILES string of the molecule is Cc1cc(C)c2c(c1)CC(C)(C)NC2. The topological polar surface area (TPSA) is 12.0 Å². The van der Waals surface area contributed by atoms with E-state index in [1.54, 1.807) is 0 Å². The summed E-state index contributed by atoms with van der Waals surface area (Å²) >= 11 is 0. The molecule has 0 spiro atoms. The second-order valence-corrected chi connectivity index (χ2v) is 5.13. The van der Waals surface area contributed by atoms with Crippen LogP contribution < -0.4 is 5.32 Å². The van der Waals surface area contributed by atoms with E-state index in [2.05, 4.69) is 45.1 Å². The summed E-state index contributed by atoms with van der Waals surface area (Å²) in [4.78, 5) is 0. The van der Waals surface area contributed by atoms with Gasteiger partial charge in [-0.3, -0.25) is 0 Å². The number of nitrogens with one attached hydrogen (secondary N) is 1. The van der Waals surface area contributed by atoms with Crippen molar-refractivity contribution in [2.45, 2.75) is 46.2 Å². The maximum atomic E-state index is 3.57. The molecule has 0 atom stereocenters. The molecule has 1 nitrogen and oxygen atoms in total. The molecule has 2 rings (SSSR count). The number of benzene rings is 1. The largest absolute Gasteiger partial charge is 0.307 e. The van der Waals surface area contributed by atoms with Crippen molar-refractivity contribution < 1.29 is 0 Å². The first-order valence-corrected chi connectivity index (χ1v) is 5.32. The number of hydrogen-bond acceptors (Lipinski definition) is 1. The predicted molar refractivity (Wildman–Crippen MR) is 60.5 cm³/mol. The van der Waals surface area contributed by atoms with Gasteiger partial charge in [0.05, 0.1) is 0 Å². The number of rotatable bonds is 0. The maximum Gasteiger partial charge on any atom is 0.0215 e. The van der Waals surface area contributed by atoms with Gasteiger partial charge in [-0.05, 0) is 50.8 Å². The predicted octanol–water partition coefficient (Wildman–Crippen LogP) is 2.73. The molecule has 1 aliphatic heterocycles. The second-order valence-electron chi connectivity index (χ2n) is 5.13. The molecule has 76 valence electrons. The minimum atomic E-state index is 0.257. The van der Waals surface area contributed by atoms with E-state index in [1.807, 2.05) is 0 Å². The quantitative estimate of drug-likeness (QED) is 0.661. The van der Waals surface area contributed by atoms with Gasteiger partial charge < -0.3 is 5.32 Å². The van der Waals surface area contributed by atoms with Crippen LogP contribution in [0, 0.1) is 13.8 Å². The molecule has 0 fully saturated rings. The van der Waals surface area contributed by atoms with Gasteiger partial charge in [0.2, 0.25) is 0 Å². The van der Waals surface area contributed by atoms with Gasteiger partial charge in [-0.1, -0.05) is 17.7 Å². The van der Waals surface area contributed by atoms with Crippen molar-refractivity contribution in [1.82, 2.24) is 5.32 Å². The summed E-state index contributed by atoms with van der Waals surface area (Å²) < 4.78 is 0. The van der Waals surface area contributed by atoms with E-state index < -0.39 is 0 Å².